The lowest BCUT2D eigenvalue weighted by Gasteiger charge is -2.25. The lowest BCUT2D eigenvalue weighted by Crippen LogP contribution is -2.45. The summed E-state index contributed by atoms with van der Waals surface area (Å²) in [5.74, 6) is -0.614. The zero-order chi connectivity index (χ0) is 55.9. The molecule has 0 amide bonds. The summed E-state index contributed by atoms with van der Waals surface area (Å²) in [7, 11) is -0.739. The number of rotatable bonds is 23. The van der Waals surface area contributed by atoms with Crippen LogP contribution in [0.1, 0.15) is 56.4 Å². The molecule has 7 N–H and O–H groups in total. The van der Waals surface area contributed by atoms with Crippen LogP contribution in [0.5, 0.6) is 0 Å². The fraction of sp³-hybridized carbons (Fsp3) is 0.534. The number of aliphatic hydroxyl groups is 7. The van der Waals surface area contributed by atoms with Crippen LogP contribution >= 0.6 is 11.8 Å². The highest BCUT2D eigenvalue weighted by Crippen LogP contribution is 2.34. The van der Waals surface area contributed by atoms with Crippen LogP contribution in [0.25, 0.3) is 0 Å². The van der Waals surface area contributed by atoms with Crippen molar-refractivity contribution in [2.24, 2.45) is 23.7 Å². The molecule has 4 aliphatic rings. The molecule has 17 nitrogen and oxygen atoms in total. The summed E-state index contributed by atoms with van der Waals surface area (Å²) < 4.78 is 34.0. The van der Waals surface area contributed by atoms with Crippen molar-refractivity contribution < 1.29 is 83.7 Å². The Morgan fingerprint density at radius 3 is 1.74 bits per heavy atom. The van der Waals surface area contributed by atoms with Crippen molar-refractivity contribution in [2.75, 3.05) is 43.7 Å². The van der Waals surface area contributed by atoms with Gasteiger partial charge in [-0.1, -0.05) is 149 Å². The third kappa shape index (κ3) is 20.9. The predicted molar refractivity (Wildman–Crippen MR) is 290 cm³/mol. The Kier molecular flexibility index (Phi) is 27.3. The smallest absolute Gasteiger partial charge is 0.309 e. The zero-order valence-electron chi connectivity index (χ0n) is 44.2. The second kappa shape index (κ2) is 33.2. The first-order valence-electron chi connectivity index (χ1n) is 26.1. The predicted octanol–water partition coefficient (Wildman–Crippen LogP) is 2.99. The Hall–Kier alpha value is -4.45. The minimum Gasteiger partial charge on any atom is -0.550 e. The van der Waals surface area contributed by atoms with Crippen LogP contribution in [-0.4, -0.2) is 163 Å². The van der Waals surface area contributed by atoms with Crippen molar-refractivity contribution in [3.8, 4) is 0 Å². The average Bonchev–Trinajstić information content (AvgIpc) is 4.12. The van der Waals surface area contributed by atoms with Gasteiger partial charge in [-0.3, -0.25) is 9.59 Å². The van der Waals surface area contributed by atoms with E-state index in [-0.39, 0.29) is 90.0 Å². The van der Waals surface area contributed by atoms with Gasteiger partial charge >= 0.3 is 11.9 Å². The normalized spacial score (nSPS) is 27.2. The number of aliphatic carboxylic acids is 1. The van der Waals surface area contributed by atoms with E-state index in [1.807, 2.05) is 124 Å². The molecule has 4 aliphatic heterocycles. The maximum Gasteiger partial charge on any atom is 0.309 e. The summed E-state index contributed by atoms with van der Waals surface area (Å²) in [5.41, 5.74) is 4.58. The van der Waals surface area contributed by atoms with Gasteiger partial charge in [0.25, 0.3) is 0 Å². The number of thioether (sulfide) groups is 1. The number of aliphatic hydroxyl groups excluding tert-OH is 7. The van der Waals surface area contributed by atoms with Gasteiger partial charge in [0.2, 0.25) is 0 Å². The number of carbonyl (C=O) groups excluding carboxylic acids is 3. The number of carbonyl (C=O) groups is 3. The van der Waals surface area contributed by atoms with E-state index in [1.54, 1.807) is 0 Å². The molecule has 4 heterocycles. The minimum atomic E-state index is -1.67. The second-order valence-electron chi connectivity index (χ2n) is 19.7. The molecule has 4 saturated heterocycles. The van der Waals surface area contributed by atoms with E-state index in [0.717, 1.165) is 17.9 Å². The highest BCUT2D eigenvalue weighted by atomic mass is 32.2. The average molecular weight is 1110 g/mol. The van der Waals surface area contributed by atoms with Crippen LogP contribution in [0, 0.1) is 23.7 Å². The summed E-state index contributed by atoms with van der Waals surface area (Å²) >= 11 is 1.89. The molecule has 4 aromatic carbocycles. The van der Waals surface area contributed by atoms with Crippen molar-refractivity contribution in [3.05, 3.63) is 144 Å². The lowest BCUT2D eigenvalue weighted by molar-refractivity contribution is -0.308. The van der Waals surface area contributed by atoms with Gasteiger partial charge in [-0.05, 0) is 28.2 Å². The van der Waals surface area contributed by atoms with E-state index in [9.17, 15) is 45.0 Å². The molecule has 16 atom stereocenters. The summed E-state index contributed by atoms with van der Waals surface area (Å²) in [5, 5.41) is 75.7. The van der Waals surface area contributed by atoms with Gasteiger partial charge < -0.3 is 74.1 Å². The van der Waals surface area contributed by atoms with Crippen LogP contribution in [0.4, 0.5) is 0 Å². The number of hydrogen-bond acceptors (Lipinski definition) is 18. The van der Waals surface area contributed by atoms with E-state index >= 15 is 0 Å². The van der Waals surface area contributed by atoms with Gasteiger partial charge in [-0.25, -0.2) is 0 Å². The molecule has 424 valence electrons. The molecule has 0 saturated carbocycles. The number of cyclic esters (lactones) is 1. The van der Waals surface area contributed by atoms with Gasteiger partial charge in [0.1, 0.15) is 48.6 Å². The summed E-state index contributed by atoms with van der Waals surface area (Å²) in [6.45, 7) is 10.8. The van der Waals surface area contributed by atoms with E-state index in [2.05, 4.69) is 36.4 Å². The van der Waals surface area contributed by atoms with Crippen LogP contribution in [0.2, 0.25) is 0 Å². The number of esters is 2. The molecular weight excluding hydrogens is 1030 g/mol. The van der Waals surface area contributed by atoms with Gasteiger partial charge in [0, 0.05) is 35.0 Å². The summed E-state index contributed by atoms with van der Waals surface area (Å²) in [6.07, 6.45) is -7.62. The zero-order valence-corrected chi connectivity index (χ0v) is 45.9. The highest BCUT2D eigenvalue weighted by molar-refractivity contribution is 8.00. The Balaban J connectivity index is 0.000000203. The fourth-order valence-corrected chi connectivity index (χ4v) is 12.6. The topological polar surface area (TPSA) is 275 Å². The first-order chi connectivity index (χ1) is 37.0. The van der Waals surface area contributed by atoms with Gasteiger partial charge in [-0.15, -0.1) is 0 Å². The van der Waals surface area contributed by atoms with E-state index < -0.39 is 59.1 Å². The monoisotopic (exact) mass is 1110 g/mol. The largest absolute Gasteiger partial charge is 0.550 e. The van der Waals surface area contributed by atoms with Crippen LogP contribution < -0.4 is 5.11 Å². The minimum absolute atomic E-state index is 0.00897. The molecule has 0 aliphatic carbocycles. The van der Waals surface area contributed by atoms with Crippen LogP contribution in [0.3, 0.4) is 0 Å². The molecule has 77 heavy (non-hydrogen) atoms. The van der Waals surface area contributed by atoms with Crippen molar-refractivity contribution in [3.63, 3.8) is 0 Å². The molecular formula is C58H78O17S2. The number of hydrogen-bond donors (Lipinski definition) is 7. The van der Waals surface area contributed by atoms with E-state index in [0.29, 0.717) is 33.0 Å². The van der Waals surface area contributed by atoms with Crippen molar-refractivity contribution >= 4 is 40.6 Å². The SMILES string of the molecule is CC(C(=O)OCc1ccccc1)C(C)C1CO1.CC1C(=O)OC(CO)C1C.O=C([O-])CC(O)C(O)C(O)C[S+]1CC(O)C(O)C1CO.c1ccc(COCC2SCC(OCc3ccccc3)C2OCc2ccccc2)cc1. The number of carboxylic acids is 1. The number of ether oxygens (including phenoxy) is 6. The molecule has 19 heteroatoms. The quantitative estimate of drug-likeness (QED) is 0.0320. The van der Waals surface area contributed by atoms with Gasteiger partial charge in [0.05, 0.1) is 87.7 Å². The number of benzene rings is 4. The molecule has 4 fully saturated rings. The Morgan fingerprint density at radius 2 is 1.27 bits per heavy atom. The molecule has 0 spiro atoms. The first-order valence-corrected chi connectivity index (χ1v) is 28.7. The molecule has 0 radical (unpaired) electrons. The molecule has 8 rings (SSSR count). The Labute approximate surface area is 459 Å². The Morgan fingerprint density at radius 1 is 0.753 bits per heavy atom. The van der Waals surface area contributed by atoms with Gasteiger partial charge in [-0.2, -0.15) is 11.8 Å². The third-order valence-corrected chi connectivity index (χ3v) is 18.2. The number of carboxylic acid groups (broad SMARTS) is 1. The van der Waals surface area contributed by atoms with Crippen molar-refractivity contribution in [1.29, 1.82) is 0 Å². The van der Waals surface area contributed by atoms with Crippen molar-refractivity contribution in [2.45, 2.75) is 126 Å². The molecule has 4 aromatic rings. The summed E-state index contributed by atoms with van der Waals surface area (Å²) in [4.78, 5) is 32.9. The molecule has 16 unspecified atom stereocenters. The highest BCUT2D eigenvalue weighted by Gasteiger charge is 2.51. The van der Waals surface area contributed by atoms with E-state index in [4.69, 9.17) is 38.6 Å². The molecule has 0 bridgehead atoms. The second-order valence-corrected chi connectivity index (χ2v) is 23.4. The fourth-order valence-electron chi connectivity index (χ4n) is 8.58. The maximum atomic E-state index is 11.8. The number of epoxide rings is 1. The lowest BCUT2D eigenvalue weighted by atomic mass is 9.93. The standard InChI is InChI=1S/C26H28O3S.C14H18O3.C11H20O8S.C7H12O3/c1-4-10-21(11-5-1)16-27-19-25-26(29-18-23-14-8-3-9-15-23)24(20-30-25)28-17-22-12-6-2-7-13-22;1-10(13-9-16-13)11(2)14(15)17-8-12-6-4-3-5-7-12;12-2-8-11(19)7(15)4-20(8)3-6(14)10(18)5(13)1-9(16)17;1-4-5(2)7(9)10-6(4)3-8/h1-15,24-26H,16-20H2;3-7,10-11,13H,8-9H2,1-2H3;5-8,10-15,18-19H,1-4H2;4-6,8H,3H2,1-2H3. The van der Waals surface area contributed by atoms with Crippen LogP contribution in [0.15, 0.2) is 121 Å². The van der Waals surface area contributed by atoms with Crippen molar-refractivity contribution in [1.82, 2.24) is 0 Å². The molecule has 0 aromatic heterocycles. The maximum absolute atomic E-state index is 11.8. The van der Waals surface area contributed by atoms with Gasteiger partial charge in [0.15, 0.2) is 5.25 Å². The summed E-state index contributed by atoms with van der Waals surface area (Å²) in [6, 6.07) is 40.7. The first kappa shape index (κ1) is 63.4. The third-order valence-electron chi connectivity index (χ3n) is 14.0. The Bertz CT molecular complexity index is 2280. The van der Waals surface area contributed by atoms with E-state index in [1.165, 1.54) is 16.7 Å². The van der Waals surface area contributed by atoms with Crippen LogP contribution in [-0.2, 0) is 80.1 Å².